The van der Waals surface area contributed by atoms with E-state index < -0.39 is 0 Å². The molecule has 0 bridgehead atoms. The highest BCUT2D eigenvalue weighted by molar-refractivity contribution is 7.10. The Kier molecular flexibility index (Phi) is 3.09. The molecule has 1 nitrogen and oxygen atoms in total. The van der Waals surface area contributed by atoms with Gasteiger partial charge in [-0.15, -0.1) is 11.3 Å². The van der Waals surface area contributed by atoms with Gasteiger partial charge >= 0.3 is 0 Å². The molecular weight excluding hydrogens is 154 g/mol. The molecule has 0 spiro atoms. The van der Waals surface area contributed by atoms with Crippen molar-refractivity contribution in [2.45, 2.75) is 32.7 Å². The lowest BCUT2D eigenvalue weighted by molar-refractivity contribution is 0.646. The van der Waals surface area contributed by atoms with E-state index in [0.717, 1.165) is 6.42 Å². The third-order valence-corrected chi connectivity index (χ3v) is 2.99. The van der Waals surface area contributed by atoms with Crippen molar-refractivity contribution in [3.8, 4) is 0 Å². The van der Waals surface area contributed by atoms with E-state index in [1.54, 1.807) is 11.3 Å². The van der Waals surface area contributed by atoms with Crippen LogP contribution in [0.15, 0.2) is 11.4 Å². The summed E-state index contributed by atoms with van der Waals surface area (Å²) >= 11 is 1.77. The molecule has 0 radical (unpaired) electrons. The van der Waals surface area contributed by atoms with Gasteiger partial charge in [-0.05, 0) is 30.4 Å². The van der Waals surface area contributed by atoms with Gasteiger partial charge in [0.05, 0.1) is 0 Å². The van der Waals surface area contributed by atoms with Crippen LogP contribution in [0.2, 0.25) is 0 Å². The van der Waals surface area contributed by atoms with Gasteiger partial charge in [0.15, 0.2) is 0 Å². The first-order valence-electron chi connectivity index (χ1n) is 4.05. The Labute approximate surface area is 72.2 Å². The van der Waals surface area contributed by atoms with E-state index in [1.807, 2.05) is 0 Å². The van der Waals surface area contributed by atoms with Crippen molar-refractivity contribution in [2.24, 2.45) is 5.73 Å². The topological polar surface area (TPSA) is 26.0 Å². The summed E-state index contributed by atoms with van der Waals surface area (Å²) in [6, 6.07) is 2.40. The highest BCUT2D eigenvalue weighted by Crippen LogP contribution is 2.24. The number of nitrogens with two attached hydrogens (primary N) is 1. The molecule has 1 atom stereocenters. The standard InChI is InChI=1S/C9H15NS/c1-3-4-8(10)9-7(2)5-6-11-9/h5-6,8H,3-4,10H2,1-2H3/t8-/m0/s1. The van der Waals surface area contributed by atoms with Gasteiger partial charge < -0.3 is 5.73 Å². The lowest BCUT2D eigenvalue weighted by Crippen LogP contribution is -2.08. The number of thiophene rings is 1. The highest BCUT2D eigenvalue weighted by Gasteiger charge is 2.07. The van der Waals surface area contributed by atoms with Crippen LogP contribution in [0.1, 0.15) is 36.2 Å². The molecule has 1 heterocycles. The van der Waals surface area contributed by atoms with Crippen molar-refractivity contribution in [1.82, 2.24) is 0 Å². The van der Waals surface area contributed by atoms with Crippen LogP contribution in [-0.4, -0.2) is 0 Å². The van der Waals surface area contributed by atoms with E-state index in [4.69, 9.17) is 5.73 Å². The van der Waals surface area contributed by atoms with E-state index in [2.05, 4.69) is 25.3 Å². The smallest absolute Gasteiger partial charge is 0.0392 e. The summed E-state index contributed by atoms with van der Waals surface area (Å²) in [5.74, 6) is 0. The number of aryl methyl sites for hydroxylation is 1. The maximum Gasteiger partial charge on any atom is 0.0392 e. The summed E-state index contributed by atoms with van der Waals surface area (Å²) < 4.78 is 0. The zero-order valence-electron chi connectivity index (χ0n) is 7.13. The molecule has 0 aromatic carbocycles. The fourth-order valence-corrected chi connectivity index (χ4v) is 2.17. The fraction of sp³-hybridized carbons (Fsp3) is 0.556. The number of rotatable bonds is 3. The van der Waals surface area contributed by atoms with Crippen molar-refractivity contribution in [1.29, 1.82) is 0 Å². The highest BCUT2D eigenvalue weighted by atomic mass is 32.1. The van der Waals surface area contributed by atoms with Gasteiger partial charge in [0.1, 0.15) is 0 Å². The quantitative estimate of drug-likeness (QED) is 0.739. The van der Waals surface area contributed by atoms with Crippen LogP contribution in [0, 0.1) is 6.92 Å². The molecule has 1 aromatic heterocycles. The minimum Gasteiger partial charge on any atom is -0.323 e. The number of hydrogen-bond donors (Lipinski definition) is 1. The third-order valence-electron chi connectivity index (χ3n) is 1.84. The van der Waals surface area contributed by atoms with Crippen LogP contribution in [0.5, 0.6) is 0 Å². The van der Waals surface area contributed by atoms with Crippen LogP contribution < -0.4 is 5.73 Å². The minimum atomic E-state index is 0.264. The molecule has 11 heavy (non-hydrogen) atoms. The van der Waals surface area contributed by atoms with E-state index >= 15 is 0 Å². The molecule has 0 aliphatic carbocycles. The second kappa shape index (κ2) is 3.88. The second-order valence-electron chi connectivity index (χ2n) is 2.86. The maximum atomic E-state index is 5.96. The van der Waals surface area contributed by atoms with Crippen LogP contribution >= 0.6 is 11.3 Å². The molecule has 2 heteroatoms. The fourth-order valence-electron chi connectivity index (χ4n) is 1.21. The monoisotopic (exact) mass is 169 g/mol. The summed E-state index contributed by atoms with van der Waals surface area (Å²) in [4.78, 5) is 1.35. The van der Waals surface area contributed by atoms with Crippen LogP contribution in [0.3, 0.4) is 0 Å². The van der Waals surface area contributed by atoms with Gasteiger partial charge in [-0.25, -0.2) is 0 Å². The molecular formula is C9H15NS. The van der Waals surface area contributed by atoms with Gasteiger partial charge in [-0.3, -0.25) is 0 Å². The molecule has 0 aliphatic rings. The maximum absolute atomic E-state index is 5.96. The molecule has 0 amide bonds. The predicted octanol–water partition coefficient (Wildman–Crippen LogP) is 2.86. The summed E-state index contributed by atoms with van der Waals surface area (Å²) in [7, 11) is 0. The first-order valence-corrected chi connectivity index (χ1v) is 4.93. The van der Waals surface area contributed by atoms with Crippen LogP contribution in [0.25, 0.3) is 0 Å². The Morgan fingerprint density at radius 3 is 2.82 bits per heavy atom. The third kappa shape index (κ3) is 2.04. The molecule has 0 saturated carbocycles. The lowest BCUT2D eigenvalue weighted by atomic mass is 10.1. The van der Waals surface area contributed by atoms with Crippen LogP contribution in [-0.2, 0) is 0 Å². The molecule has 1 aromatic rings. The van der Waals surface area contributed by atoms with Crippen molar-refractivity contribution in [3.63, 3.8) is 0 Å². The Bertz CT molecular complexity index is 217. The predicted molar refractivity (Wildman–Crippen MR) is 50.9 cm³/mol. The normalized spacial score (nSPS) is 13.4. The first kappa shape index (κ1) is 8.75. The van der Waals surface area contributed by atoms with Gasteiger partial charge in [-0.1, -0.05) is 13.3 Å². The first-order chi connectivity index (χ1) is 5.25. The van der Waals surface area contributed by atoms with Gasteiger partial charge in [0.25, 0.3) is 0 Å². The summed E-state index contributed by atoms with van der Waals surface area (Å²) in [6.07, 6.45) is 2.26. The number of hydrogen-bond acceptors (Lipinski definition) is 2. The Morgan fingerprint density at radius 2 is 2.36 bits per heavy atom. The molecule has 1 rings (SSSR count). The van der Waals surface area contributed by atoms with Crippen molar-refractivity contribution in [3.05, 3.63) is 21.9 Å². The Balaban J connectivity index is 2.67. The Hall–Kier alpha value is -0.340. The van der Waals surface area contributed by atoms with Crippen molar-refractivity contribution < 1.29 is 0 Å². The van der Waals surface area contributed by atoms with Crippen molar-refractivity contribution >= 4 is 11.3 Å². The molecule has 0 unspecified atom stereocenters. The molecule has 0 aliphatic heterocycles. The van der Waals surface area contributed by atoms with Gasteiger partial charge in [0.2, 0.25) is 0 Å². The SMILES string of the molecule is CCC[C@H](N)c1sccc1C. The summed E-state index contributed by atoms with van der Waals surface area (Å²) in [6.45, 7) is 4.30. The summed E-state index contributed by atoms with van der Waals surface area (Å²) in [5, 5.41) is 2.11. The van der Waals surface area contributed by atoms with E-state index in [9.17, 15) is 0 Å². The molecule has 0 fully saturated rings. The van der Waals surface area contributed by atoms with E-state index in [1.165, 1.54) is 16.9 Å². The average molecular weight is 169 g/mol. The zero-order valence-corrected chi connectivity index (χ0v) is 7.95. The molecule has 2 N–H and O–H groups in total. The lowest BCUT2D eigenvalue weighted by Gasteiger charge is -2.08. The van der Waals surface area contributed by atoms with Crippen molar-refractivity contribution in [2.75, 3.05) is 0 Å². The largest absolute Gasteiger partial charge is 0.323 e. The van der Waals surface area contributed by atoms with Crippen LogP contribution in [0.4, 0.5) is 0 Å². The second-order valence-corrected chi connectivity index (χ2v) is 3.81. The zero-order chi connectivity index (χ0) is 8.27. The summed E-state index contributed by atoms with van der Waals surface area (Å²) in [5.41, 5.74) is 7.30. The van der Waals surface area contributed by atoms with E-state index in [-0.39, 0.29) is 6.04 Å². The Morgan fingerprint density at radius 1 is 1.64 bits per heavy atom. The van der Waals surface area contributed by atoms with Gasteiger partial charge in [0, 0.05) is 10.9 Å². The minimum absolute atomic E-state index is 0.264. The van der Waals surface area contributed by atoms with E-state index in [0.29, 0.717) is 0 Å². The average Bonchev–Trinajstić information content (AvgIpc) is 2.36. The molecule has 62 valence electrons. The molecule has 0 saturated heterocycles. The van der Waals surface area contributed by atoms with Gasteiger partial charge in [-0.2, -0.15) is 0 Å².